The fourth-order valence-electron chi connectivity index (χ4n) is 3.80. The van der Waals surface area contributed by atoms with E-state index in [1.807, 2.05) is 13.8 Å². The minimum Gasteiger partial charge on any atom is -0.495 e. The number of cyclic esters (lactones) is 1. The number of hydrogen-bond acceptors (Lipinski definition) is 6. The SMILES string of the molecule is COc1c(C(O)CC(C)C)ccc2c1C(=O)OCc1c(F)c(C)cc(OCCC(C)C)c1O2. The molecule has 1 atom stereocenters. The molecule has 0 radical (unpaired) electrons. The lowest BCUT2D eigenvalue weighted by molar-refractivity contribution is 0.0449. The number of carbonyl (C=O) groups is 1. The molecule has 0 saturated carbocycles. The van der Waals surface area contributed by atoms with Crippen LogP contribution in [0.15, 0.2) is 18.2 Å². The maximum atomic E-state index is 15.0. The number of halogens is 1. The van der Waals surface area contributed by atoms with Crippen LogP contribution in [0.2, 0.25) is 0 Å². The molecule has 0 fully saturated rings. The Morgan fingerprint density at radius 2 is 1.91 bits per heavy atom. The van der Waals surface area contributed by atoms with Gasteiger partial charge in [-0.15, -0.1) is 0 Å². The molecular formula is C26H33FO6. The molecule has 1 unspecified atom stereocenters. The third kappa shape index (κ3) is 5.41. The van der Waals surface area contributed by atoms with Crippen LogP contribution >= 0.6 is 0 Å². The van der Waals surface area contributed by atoms with Crippen molar-refractivity contribution in [2.75, 3.05) is 13.7 Å². The zero-order chi connectivity index (χ0) is 24.3. The molecule has 0 spiro atoms. The lowest BCUT2D eigenvalue weighted by Crippen LogP contribution is -2.16. The van der Waals surface area contributed by atoms with Crippen LogP contribution in [0.5, 0.6) is 23.0 Å². The third-order valence-corrected chi connectivity index (χ3v) is 5.58. The number of aryl methyl sites for hydroxylation is 1. The van der Waals surface area contributed by atoms with Crippen molar-refractivity contribution in [1.29, 1.82) is 0 Å². The number of rotatable bonds is 8. The molecule has 2 aromatic rings. The molecule has 2 aromatic carbocycles. The number of carbonyl (C=O) groups excluding carboxylic acids is 1. The number of ether oxygens (including phenoxy) is 4. The van der Waals surface area contributed by atoms with Gasteiger partial charge in [0.25, 0.3) is 0 Å². The van der Waals surface area contributed by atoms with Crippen molar-refractivity contribution in [3.8, 4) is 23.0 Å². The van der Waals surface area contributed by atoms with E-state index in [9.17, 15) is 14.3 Å². The second-order valence-electron chi connectivity index (χ2n) is 9.23. The van der Waals surface area contributed by atoms with Gasteiger partial charge in [0, 0.05) is 5.56 Å². The first kappa shape index (κ1) is 24.8. The summed E-state index contributed by atoms with van der Waals surface area (Å²) >= 11 is 0. The molecule has 1 aliphatic rings. The number of aliphatic hydroxyl groups is 1. The fraction of sp³-hybridized carbons (Fsp3) is 0.500. The highest BCUT2D eigenvalue weighted by molar-refractivity contribution is 5.96. The van der Waals surface area contributed by atoms with Crippen molar-refractivity contribution in [3.63, 3.8) is 0 Å². The second-order valence-corrected chi connectivity index (χ2v) is 9.23. The van der Waals surface area contributed by atoms with E-state index in [2.05, 4.69) is 13.8 Å². The van der Waals surface area contributed by atoms with Crippen LogP contribution in [0.1, 0.15) is 73.7 Å². The van der Waals surface area contributed by atoms with Crippen LogP contribution in [-0.4, -0.2) is 24.8 Å². The summed E-state index contributed by atoms with van der Waals surface area (Å²) in [5, 5.41) is 10.7. The Balaban J connectivity index is 2.10. The summed E-state index contributed by atoms with van der Waals surface area (Å²) in [7, 11) is 1.42. The van der Waals surface area contributed by atoms with E-state index in [0.717, 1.165) is 6.42 Å². The van der Waals surface area contributed by atoms with Gasteiger partial charge in [0.1, 0.15) is 29.5 Å². The Kier molecular flexibility index (Phi) is 7.84. The van der Waals surface area contributed by atoms with Crippen LogP contribution in [0.3, 0.4) is 0 Å². The first-order valence-corrected chi connectivity index (χ1v) is 11.3. The summed E-state index contributed by atoms with van der Waals surface area (Å²) in [5.74, 6) is 0.348. The van der Waals surface area contributed by atoms with Crippen LogP contribution in [0, 0.1) is 24.6 Å². The number of fused-ring (bicyclic) bond motifs is 2. The highest BCUT2D eigenvalue weighted by Gasteiger charge is 2.31. The van der Waals surface area contributed by atoms with E-state index in [-0.39, 0.29) is 40.9 Å². The number of benzene rings is 2. The lowest BCUT2D eigenvalue weighted by Gasteiger charge is -2.25. The molecule has 0 aliphatic carbocycles. The molecule has 1 N–H and O–H groups in total. The Bertz CT molecular complexity index is 1010. The quantitative estimate of drug-likeness (QED) is 0.479. The van der Waals surface area contributed by atoms with Crippen molar-refractivity contribution in [3.05, 3.63) is 46.3 Å². The summed E-state index contributed by atoms with van der Waals surface area (Å²) < 4.78 is 38.0. The van der Waals surface area contributed by atoms with Crippen LogP contribution in [0.4, 0.5) is 4.39 Å². The van der Waals surface area contributed by atoms with Crippen molar-refractivity contribution < 1.29 is 33.2 Å². The van der Waals surface area contributed by atoms with Gasteiger partial charge in [-0.25, -0.2) is 9.18 Å². The van der Waals surface area contributed by atoms with Crippen molar-refractivity contribution in [1.82, 2.24) is 0 Å². The van der Waals surface area contributed by atoms with Gasteiger partial charge in [0.15, 0.2) is 11.5 Å². The zero-order valence-electron chi connectivity index (χ0n) is 20.2. The van der Waals surface area contributed by atoms with Crippen LogP contribution < -0.4 is 14.2 Å². The molecule has 180 valence electrons. The number of esters is 1. The molecule has 6 nitrogen and oxygen atoms in total. The standard InChI is InChI=1S/C26H33FO6/c1-14(2)9-10-31-21-12-16(5)23(27)18-13-32-26(29)22-20(33-24(18)21)8-7-17(25(22)30-6)19(28)11-15(3)4/h7-8,12,14-15,19,28H,9-11,13H2,1-6H3. The van der Waals surface area contributed by atoms with E-state index in [1.165, 1.54) is 7.11 Å². The topological polar surface area (TPSA) is 74.2 Å². The van der Waals surface area contributed by atoms with Gasteiger partial charge in [-0.3, -0.25) is 0 Å². The van der Waals surface area contributed by atoms with Crippen LogP contribution in [0.25, 0.3) is 0 Å². The molecule has 7 heteroatoms. The van der Waals surface area contributed by atoms with Crippen LogP contribution in [-0.2, 0) is 11.3 Å². The summed E-state index contributed by atoms with van der Waals surface area (Å²) in [5.41, 5.74) is 1.02. The monoisotopic (exact) mass is 460 g/mol. The predicted molar refractivity (Wildman–Crippen MR) is 123 cm³/mol. The van der Waals surface area contributed by atoms with E-state index >= 15 is 0 Å². The molecule has 0 aromatic heterocycles. The van der Waals surface area contributed by atoms with E-state index in [4.69, 9.17) is 18.9 Å². The summed E-state index contributed by atoms with van der Waals surface area (Å²) in [6.07, 6.45) is 0.485. The summed E-state index contributed by atoms with van der Waals surface area (Å²) in [6, 6.07) is 4.82. The van der Waals surface area contributed by atoms with Gasteiger partial charge in [0.05, 0.1) is 25.4 Å². The normalized spacial score (nSPS) is 14.1. The fourth-order valence-corrected chi connectivity index (χ4v) is 3.80. The zero-order valence-corrected chi connectivity index (χ0v) is 20.2. The number of hydrogen-bond donors (Lipinski definition) is 1. The Labute approximate surface area is 194 Å². The average Bonchev–Trinajstić information content (AvgIpc) is 2.73. The number of methoxy groups -OCH3 is 1. The largest absolute Gasteiger partial charge is 0.495 e. The predicted octanol–water partition coefficient (Wildman–Crippen LogP) is 6.11. The third-order valence-electron chi connectivity index (χ3n) is 5.58. The van der Waals surface area contributed by atoms with Crippen molar-refractivity contribution >= 4 is 5.97 Å². The second kappa shape index (κ2) is 10.4. The minimum absolute atomic E-state index is 0.0533. The van der Waals surface area contributed by atoms with Gasteiger partial charge in [0.2, 0.25) is 0 Å². The van der Waals surface area contributed by atoms with Gasteiger partial charge in [-0.1, -0.05) is 27.7 Å². The minimum atomic E-state index is -0.828. The molecule has 1 heterocycles. The molecule has 3 rings (SSSR count). The average molecular weight is 461 g/mol. The highest BCUT2D eigenvalue weighted by atomic mass is 19.1. The Morgan fingerprint density at radius 3 is 2.55 bits per heavy atom. The maximum absolute atomic E-state index is 15.0. The summed E-state index contributed by atoms with van der Waals surface area (Å²) in [6.45, 7) is 9.93. The molecule has 0 saturated heterocycles. The lowest BCUT2D eigenvalue weighted by atomic mass is 9.96. The Hall–Kier alpha value is -2.80. The van der Waals surface area contributed by atoms with Gasteiger partial charge in [-0.05, 0) is 55.4 Å². The Morgan fingerprint density at radius 1 is 1.18 bits per heavy atom. The smallest absolute Gasteiger partial charge is 0.346 e. The van der Waals surface area contributed by atoms with Gasteiger partial charge < -0.3 is 24.1 Å². The highest BCUT2D eigenvalue weighted by Crippen LogP contribution is 2.45. The first-order chi connectivity index (χ1) is 15.6. The first-order valence-electron chi connectivity index (χ1n) is 11.3. The van der Waals surface area contributed by atoms with E-state index in [1.54, 1.807) is 25.1 Å². The summed E-state index contributed by atoms with van der Waals surface area (Å²) in [4.78, 5) is 13.0. The maximum Gasteiger partial charge on any atom is 0.346 e. The van der Waals surface area contributed by atoms with E-state index < -0.39 is 17.9 Å². The molecule has 33 heavy (non-hydrogen) atoms. The molecule has 1 aliphatic heterocycles. The van der Waals surface area contributed by atoms with Gasteiger partial charge >= 0.3 is 5.97 Å². The van der Waals surface area contributed by atoms with Crippen molar-refractivity contribution in [2.24, 2.45) is 11.8 Å². The molecular weight excluding hydrogens is 427 g/mol. The van der Waals surface area contributed by atoms with Crippen molar-refractivity contribution in [2.45, 2.75) is 60.2 Å². The van der Waals surface area contributed by atoms with E-state index in [0.29, 0.717) is 35.8 Å². The number of aliphatic hydroxyl groups excluding tert-OH is 1. The molecule has 0 amide bonds. The van der Waals surface area contributed by atoms with Gasteiger partial charge in [-0.2, -0.15) is 0 Å². The molecule has 0 bridgehead atoms.